The van der Waals surface area contributed by atoms with Crippen LogP contribution in [0.5, 0.6) is 0 Å². The second-order valence-corrected chi connectivity index (χ2v) is 2.10. The van der Waals surface area contributed by atoms with Crippen molar-refractivity contribution in [2.75, 3.05) is 13.2 Å². The van der Waals surface area contributed by atoms with Gasteiger partial charge in [-0.3, -0.25) is 0 Å². The van der Waals surface area contributed by atoms with Gasteiger partial charge in [0, 0.05) is 0 Å². The molecule has 0 atom stereocenters. The van der Waals surface area contributed by atoms with E-state index in [1.165, 1.54) is 0 Å². The van der Waals surface area contributed by atoms with Crippen LogP contribution in [0.1, 0.15) is 13.8 Å². The summed E-state index contributed by atoms with van der Waals surface area (Å²) in [7, 11) is 0. The molecule has 0 bridgehead atoms. The summed E-state index contributed by atoms with van der Waals surface area (Å²) in [6, 6.07) is 0. The summed E-state index contributed by atoms with van der Waals surface area (Å²) in [5.41, 5.74) is 0. The van der Waals surface area contributed by atoms with E-state index in [1.54, 1.807) is 0 Å². The van der Waals surface area contributed by atoms with Crippen LogP contribution in [-0.2, 0) is 9.47 Å². The molecular formula is C5H11AsO2. The molecule has 0 heterocycles. The Morgan fingerprint density at radius 2 is 1.62 bits per heavy atom. The number of hydrogen-bond acceptors (Lipinski definition) is 2. The van der Waals surface area contributed by atoms with Crippen LogP contribution in [0.2, 0.25) is 0 Å². The first-order valence-corrected chi connectivity index (χ1v) is 3.80. The van der Waals surface area contributed by atoms with Crippen molar-refractivity contribution in [2.45, 2.75) is 18.9 Å². The van der Waals surface area contributed by atoms with E-state index in [2.05, 4.69) is 16.9 Å². The van der Waals surface area contributed by atoms with E-state index in [9.17, 15) is 0 Å². The molecule has 0 aliphatic carbocycles. The van der Waals surface area contributed by atoms with E-state index >= 15 is 0 Å². The van der Waals surface area contributed by atoms with Crippen molar-refractivity contribution in [1.82, 2.24) is 0 Å². The summed E-state index contributed by atoms with van der Waals surface area (Å²) in [6.07, 6.45) is 0. The first-order chi connectivity index (χ1) is 3.81. The Hall–Kier alpha value is 0.478. The van der Waals surface area contributed by atoms with Gasteiger partial charge < -0.3 is 0 Å². The fraction of sp³-hybridized carbons (Fsp3) is 1.00. The Balaban J connectivity index is 2.92. The van der Waals surface area contributed by atoms with Crippen LogP contribution in [0, 0.1) is 0 Å². The predicted molar refractivity (Wildman–Crippen MR) is 32.8 cm³/mol. The molecule has 0 saturated carbocycles. The molecule has 0 saturated heterocycles. The van der Waals surface area contributed by atoms with Gasteiger partial charge in [-0.05, 0) is 0 Å². The van der Waals surface area contributed by atoms with Gasteiger partial charge in [-0.2, -0.15) is 0 Å². The van der Waals surface area contributed by atoms with Gasteiger partial charge in [-0.1, -0.05) is 0 Å². The van der Waals surface area contributed by atoms with Gasteiger partial charge >= 0.3 is 58.5 Å². The van der Waals surface area contributed by atoms with Crippen molar-refractivity contribution in [3.05, 3.63) is 0 Å². The van der Waals surface area contributed by atoms with Gasteiger partial charge in [0.2, 0.25) is 0 Å². The van der Waals surface area contributed by atoms with Crippen LogP contribution in [0.25, 0.3) is 0 Å². The monoisotopic (exact) mass is 178 g/mol. The summed E-state index contributed by atoms with van der Waals surface area (Å²) in [5.74, 6) is 0. The molecule has 8 heavy (non-hydrogen) atoms. The normalized spacial score (nSPS) is 10.5. The molecule has 0 aromatic heterocycles. The van der Waals surface area contributed by atoms with Crippen LogP contribution in [0.15, 0.2) is 0 Å². The predicted octanol–water partition coefficient (Wildman–Crippen LogP) is 0.511. The Kier molecular flexibility index (Phi) is 5.95. The Bertz CT molecular complexity index is 43.7. The molecule has 0 aromatic rings. The van der Waals surface area contributed by atoms with E-state index in [1.807, 2.05) is 13.8 Å². The average Bonchev–Trinajstić information content (AvgIpc) is 1.68. The summed E-state index contributed by atoms with van der Waals surface area (Å²) in [4.78, 5) is 0. The second-order valence-electron chi connectivity index (χ2n) is 1.22. The molecule has 0 N–H and O–H groups in total. The van der Waals surface area contributed by atoms with Crippen molar-refractivity contribution in [3.63, 3.8) is 0 Å². The van der Waals surface area contributed by atoms with Crippen LogP contribution in [0.3, 0.4) is 0 Å². The summed E-state index contributed by atoms with van der Waals surface area (Å²) < 4.78 is 10.1. The summed E-state index contributed by atoms with van der Waals surface area (Å²) in [5, 5.41) is -0.0995. The fourth-order valence-corrected chi connectivity index (χ4v) is 0.959. The average molecular weight is 178 g/mol. The minimum atomic E-state index is -0.0995. The van der Waals surface area contributed by atoms with Gasteiger partial charge in [0.25, 0.3) is 0 Å². The Morgan fingerprint density at radius 1 is 1.25 bits per heavy atom. The third-order valence-electron chi connectivity index (χ3n) is 0.618. The SMILES string of the molecule is CCOC([As])OCC. The minimum absolute atomic E-state index is 0.0995. The zero-order valence-corrected chi connectivity index (χ0v) is 7.13. The van der Waals surface area contributed by atoms with Gasteiger partial charge in [0.1, 0.15) is 0 Å². The molecule has 0 spiro atoms. The summed E-state index contributed by atoms with van der Waals surface area (Å²) in [6.45, 7) is 5.30. The number of hydrogen-bond donors (Lipinski definition) is 0. The summed E-state index contributed by atoms with van der Waals surface area (Å²) >= 11 is 2.32. The molecule has 0 fully saturated rings. The Labute approximate surface area is 59.0 Å². The molecular weight excluding hydrogens is 167 g/mol. The van der Waals surface area contributed by atoms with Crippen LogP contribution in [0.4, 0.5) is 0 Å². The molecule has 0 aromatic carbocycles. The molecule has 0 amide bonds. The molecule has 0 rings (SSSR count). The molecule has 2 nitrogen and oxygen atoms in total. The van der Waals surface area contributed by atoms with Crippen molar-refractivity contribution >= 4 is 16.9 Å². The zero-order valence-electron chi connectivity index (χ0n) is 5.26. The molecule has 0 unspecified atom stereocenters. The first-order valence-electron chi connectivity index (χ1n) is 2.72. The molecule has 0 aliphatic rings. The van der Waals surface area contributed by atoms with Crippen LogP contribution >= 0.6 is 0 Å². The maximum absolute atomic E-state index is 5.03. The van der Waals surface area contributed by atoms with Gasteiger partial charge in [-0.25, -0.2) is 0 Å². The van der Waals surface area contributed by atoms with Crippen molar-refractivity contribution in [3.8, 4) is 0 Å². The van der Waals surface area contributed by atoms with Crippen LogP contribution < -0.4 is 0 Å². The topological polar surface area (TPSA) is 18.5 Å². The molecule has 0 aliphatic heterocycles. The molecule has 48 valence electrons. The van der Waals surface area contributed by atoms with Gasteiger partial charge in [-0.15, -0.1) is 0 Å². The third-order valence-corrected chi connectivity index (χ3v) is 1.24. The van der Waals surface area contributed by atoms with E-state index in [0.717, 1.165) is 0 Å². The standard InChI is InChI=1S/C5H11AsO2/c1-3-7-5(6)8-4-2/h5H,3-4H2,1-2H3. The van der Waals surface area contributed by atoms with E-state index in [-0.39, 0.29) is 5.08 Å². The van der Waals surface area contributed by atoms with Crippen molar-refractivity contribution in [2.24, 2.45) is 0 Å². The molecule has 2 radical (unpaired) electrons. The van der Waals surface area contributed by atoms with Gasteiger partial charge in [0.05, 0.1) is 0 Å². The Morgan fingerprint density at radius 3 is 1.88 bits per heavy atom. The van der Waals surface area contributed by atoms with E-state index in [4.69, 9.17) is 9.47 Å². The van der Waals surface area contributed by atoms with E-state index < -0.39 is 0 Å². The molecule has 3 heteroatoms. The quantitative estimate of drug-likeness (QED) is 0.461. The zero-order chi connectivity index (χ0) is 6.41. The van der Waals surface area contributed by atoms with Crippen molar-refractivity contribution in [1.29, 1.82) is 0 Å². The van der Waals surface area contributed by atoms with E-state index in [0.29, 0.717) is 13.2 Å². The number of rotatable bonds is 4. The fourth-order valence-electron chi connectivity index (χ4n) is 0.333. The van der Waals surface area contributed by atoms with Crippen molar-refractivity contribution < 1.29 is 9.47 Å². The second kappa shape index (κ2) is 5.61. The third kappa shape index (κ3) is 4.63. The maximum atomic E-state index is 5.03. The van der Waals surface area contributed by atoms with Gasteiger partial charge in [0.15, 0.2) is 0 Å². The first kappa shape index (κ1) is 8.48. The van der Waals surface area contributed by atoms with Crippen LogP contribution in [-0.4, -0.2) is 35.1 Å². The number of ether oxygens (including phenoxy) is 2.